The van der Waals surface area contributed by atoms with Gasteiger partial charge in [-0.25, -0.2) is 18.6 Å². The van der Waals surface area contributed by atoms with E-state index in [1.807, 2.05) is 0 Å². The third kappa shape index (κ3) is 2.49. The van der Waals surface area contributed by atoms with Crippen LogP contribution in [0.2, 0.25) is 0 Å². The molecule has 1 rings (SSSR count). The van der Waals surface area contributed by atoms with Crippen LogP contribution in [0.4, 0.5) is 22.0 Å². The Kier molecular flexibility index (Phi) is 3.73. The molecule has 1 N–H and O–H groups in total. The molecule has 1 heterocycles. The molecule has 0 aliphatic carbocycles. The molecule has 0 aromatic carbocycles. The maximum absolute atomic E-state index is 12.7. The average molecular weight is 271 g/mol. The number of carbonyl (C=O) groups is 1. The van der Waals surface area contributed by atoms with Crippen LogP contribution in [-0.4, -0.2) is 23.2 Å². The molecule has 1 aromatic rings. The molecule has 0 amide bonds. The summed E-state index contributed by atoms with van der Waals surface area (Å²) in [7, 11) is 0.825. The van der Waals surface area contributed by atoms with Gasteiger partial charge in [0, 0.05) is 6.20 Å². The van der Waals surface area contributed by atoms with Gasteiger partial charge >= 0.3 is 12.1 Å². The molecule has 0 atom stereocenters. The first-order chi connectivity index (χ1) is 8.20. The van der Waals surface area contributed by atoms with Crippen LogP contribution in [0, 0.1) is 0 Å². The summed E-state index contributed by atoms with van der Waals surface area (Å²) >= 11 is 0. The number of methoxy groups -OCH3 is 1. The number of carboxylic acids is 1. The van der Waals surface area contributed by atoms with Gasteiger partial charge in [-0.1, -0.05) is 0 Å². The highest BCUT2D eigenvalue weighted by Crippen LogP contribution is 2.40. The van der Waals surface area contributed by atoms with Gasteiger partial charge in [0.1, 0.15) is 5.56 Å². The number of halogens is 5. The minimum Gasteiger partial charge on any atom is -0.481 e. The van der Waals surface area contributed by atoms with Crippen LogP contribution >= 0.6 is 0 Å². The van der Waals surface area contributed by atoms with Crippen LogP contribution in [0.3, 0.4) is 0 Å². The summed E-state index contributed by atoms with van der Waals surface area (Å²) < 4.78 is 67.2. The van der Waals surface area contributed by atoms with E-state index in [-0.39, 0.29) is 0 Å². The fraction of sp³-hybridized carbons (Fsp3) is 0.333. The molecule has 4 nitrogen and oxygen atoms in total. The summed E-state index contributed by atoms with van der Waals surface area (Å²) in [6.07, 6.45) is -8.21. The second kappa shape index (κ2) is 4.75. The Morgan fingerprint density at radius 3 is 2.33 bits per heavy atom. The summed E-state index contributed by atoms with van der Waals surface area (Å²) in [4.78, 5) is 13.8. The fourth-order valence-corrected chi connectivity index (χ4v) is 1.32. The molecule has 0 radical (unpaired) electrons. The van der Waals surface area contributed by atoms with E-state index < -0.39 is 41.1 Å². The van der Waals surface area contributed by atoms with Gasteiger partial charge in [0.15, 0.2) is 0 Å². The smallest absolute Gasteiger partial charge is 0.422 e. The molecule has 0 aliphatic rings. The fourth-order valence-electron chi connectivity index (χ4n) is 1.32. The SMILES string of the molecule is COc1ncc(C(F)F)c(C(=O)O)c1C(F)(F)F. The molecule has 0 fully saturated rings. The summed E-state index contributed by atoms with van der Waals surface area (Å²) in [5.41, 5.74) is -4.68. The largest absolute Gasteiger partial charge is 0.481 e. The lowest BCUT2D eigenvalue weighted by Crippen LogP contribution is -2.18. The van der Waals surface area contributed by atoms with Crippen LogP contribution in [-0.2, 0) is 6.18 Å². The molecule has 0 bridgehead atoms. The zero-order valence-electron chi connectivity index (χ0n) is 8.76. The van der Waals surface area contributed by atoms with E-state index in [2.05, 4.69) is 9.72 Å². The number of hydrogen-bond donors (Lipinski definition) is 1. The third-order valence-corrected chi connectivity index (χ3v) is 2.00. The molecule has 1 aromatic heterocycles. The lowest BCUT2D eigenvalue weighted by atomic mass is 10.0. The normalized spacial score (nSPS) is 11.7. The van der Waals surface area contributed by atoms with E-state index in [4.69, 9.17) is 5.11 Å². The van der Waals surface area contributed by atoms with Crippen molar-refractivity contribution in [2.45, 2.75) is 12.6 Å². The van der Waals surface area contributed by atoms with Crippen molar-refractivity contribution in [3.05, 3.63) is 22.9 Å². The lowest BCUT2D eigenvalue weighted by Gasteiger charge is -2.16. The van der Waals surface area contributed by atoms with Gasteiger partial charge in [0.25, 0.3) is 6.43 Å². The third-order valence-electron chi connectivity index (χ3n) is 2.00. The molecule has 100 valence electrons. The Morgan fingerprint density at radius 2 is 2.00 bits per heavy atom. The first kappa shape index (κ1) is 14.1. The first-order valence-electron chi connectivity index (χ1n) is 4.35. The quantitative estimate of drug-likeness (QED) is 0.859. The van der Waals surface area contributed by atoms with Crippen molar-refractivity contribution in [3.8, 4) is 5.88 Å². The number of rotatable bonds is 3. The molecule has 0 spiro atoms. The molecule has 0 unspecified atom stereocenters. The van der Waals surface area contributed by atoms with Gasteiger partial charge in [0.05, 0.1) is 18.2 Å². The van der Waals surface area contributed by atoms with Crippen molar-refractivity contribution in [1.82, 2.24) is 4.98 Å². The summed E-state index contributed by atoms with van der Waals surface area (Å²) in [6.45, 7) is 0. The van der Waals surface area contributed by atoms with Crippen molar-refractivity contribution in [2.24, 2.45) is 0 Å². The molecular formula is C9H6F5NO3. The molecule has 0 saturated heterocycles. The number of ether oxygens (including phenoxy) is 1. The Hall–Kier alpha value is -1.93. The minimum absolute atomic E-state index is 0.349. The number of alkyl halides is 5. The van der Waals surface area contributed by atoms with Crippen molar-refractivity contribution >= 4 is 5.97 Å². The van der Waals surface area contributed by atoms with Crippen molar-refractivity contribution in [2.75, 3.05) is 7.11 Å². The highest BCUT2D eigenvalue weighted by atomic mass is 19.4. The molecular weight excluding hydrogens is 265 g/mol. The van der Waals surface area contributed by atoms with E-state index >= 15 is 0 Å². The van der Waals surface area contributed by atoms with Crippen molar-refractivity contribution < 1.29 is 36.6 Å². The average Bonchev–Trinajstić information content (AvgIpc) is 2.25. The van der Waals surface area contributed by atoms with Gasteiger partial charge in [-0.2, -0.15) is 13.2 Å². The van der Waals surface area contributed by atoms with Crippen LogP contribution in [0.1, 0.15) is 27.9 Å². The number of aromatic carboxylic acids is 1. The Balaban J connectivity index is 3.71. The molecule has 0 saturated carbocycles. The van der Waals surface area contributed by atoms with Crippen LogP contribution < -0.4 is 4.74 Å². The van der Waals surface area contributed by atoms with Gasteiger partial charge in [-0.05, 0) is 0 Å². The van der Waals surface area contributed by atoms with Crippen LogP contribution in [0.5, 0.6) is 5.88 Å². The first-order valence-corrected chi connectivity index (χ1v) is 4.35. The second-order valence-electron chi connectivity index (χ2n) is 3.08. The standard InChI is InChI=1S/C9H6F5NO3/c1-18-7-5(9(12,13)14)4(8(16)17)3(2-15-7)6(10)11/h2,6H,1H3,(H,16,17). The van der Waals surface area contributed by atoms with Gasteiger partial charge in [-0.15, -0.1) is 0 Å². The van der Waals surface area contributed by atoms with E-state index in [1.54, 1.807) is 0 Å². The van der Waals surface area contributed by atoms with Gasteiger partial charge < -0.3 is 9.84 Å². The van der Waals surface area contributed by atoms with Gasteiger partial charge in [-0.3, -0.25) is 0 Å². The van der Waals surface area contributed by atoms with E-state index in [9.17, 15) is 26.7 Å². The molecule has 0 aliphatic heterocycles. The minimum atomic E-state index is -5.17. The second-order valence-corrected chi connectivity index (χ2v) is 3.08. The monoisotopic (exact) mass is 271 g/mol. The number of nitrogens with zero attached hydrogens (tertiary/aromatic N) is 1. The number of carboxylic acid groups (broad SMARTS) is 1. The van der Waals surface area contributed by atoms with E-state index in [0.717, 1.165) is 7.11 Å². The predicted molar refractivity (Wildman–Crippen MR) is 47.7 cm³/mol. The summed E-state index contributed by atoms with van der Waals surface area (Å²) in [5, 5.41) is 8.66. The van der Waals surface area contributed by atoms with E-state index in [0.29, 0.717) is 6.20 Å². The number of pyridine rings is 1. The van der Waals surface area contributed by atoms with E-state index in [1.165, 1.54) is 0 Å². The molecule has 18 heavy (non-hydrogen) atoms. The Morgan fingerprint density at radius 1 is 1.44 bits per heavy atom. The maximum Gasteiger partial charge on any atom is 0.422 e. The highest BCUT2D eigenvalue weighted by molar-refractivity contribution is 5.92. The topological polar surface area (TPSA) is 59.4 Å². The zero-order chi connectivity index (χ0) is 14.1. The van der Waals surface area contributed by atoms with Crippen LogP contribution in [0.15, 0.2) is 6.20 Å². The summed E-state index contributed by atoms with van der Waals surface area (Å²) in [6, 6.07) is 0. The highest BCUT2D eigenvalue weighted by Gasteiger charge is 2.42. The maximum atomic E-state index is 12.7. The molecule has 9 heteroatoms. The van der Waals surface area contributed by atoms with Gasteiger partial charge in [0.2, 0.25) is 5.88 Å². The van der Waals surface area contributed by atoms with Crippen molar-refractivity contribution in [3.63, 3.8) is 0 Å². The summed E-state index contributed by atoms with van der Waals surface area (Å²) in [5.74, 6) is -3.19. The Labute approximate surface area is 97.0 Å². The van der Waals surface area contributed by atoms with Crippen LogP contribution in [0.25, 0.3) is 0 Å². The lowest BCUT2D eigenvalue weighted by molar-refractivity contribution is -0.139. The predicted octanol–water partition coefficient (Wildman–Crippen LogP) is 2.74. The zero-order valence-corrected chi connectivity index (χ0v) is 8.76. The Bertz CT molecular complexity index is 472. The number of hydrogen-bond acceptors (Lipinski definition) is 3. The van der Waals surface area contributed by atoms with Crippen molar-refractivity contribution in [1.29, 1.82) is 0 Å². The number of aromatic nitrogens is 1.